The van der Waals surface area contributed by atoms with Gasteiger partial charge in [-0.1, -0.05) is 0 Å². The van der Waals surface area contributed by atoms with Crippen LogP contribution in [0.2, 0.25) is 0 Å². The van der Waals surface area contributed by atoms with Crippen molar-refractivity contribution >= 4 is 49.4 Å². The van der Waals surface area contributed by atoms with Crippen LogP contribution in [0.4, 0.5) is 11.4 Å². The number of rotatable bonds is 4. The molecule has 0 saturated heterocycles. The second kappa shape index (κ2) is 6.89. The Hall–Kier alpha value is -1.93. The highest BCUT2D eigenvalue weighted by Gasteiger charge is 2.15. The van der Waals surface area contributed by atoms with Gasteiger partial charge in [0, 0.05) is 16.3 Å². The number of aliphatic imine (C=N–C) groups is 1. The van der Waals surface area contributed by atoms with E-state index in [2.05, 4.69) is 36.9 Å². The predicted octanol–water partition coefficient (Wildman–Crippen LogP) is 4.58. The Morgan fingerprint density at radius 1 is 1.27 bits per heavy atom. The van der Waals surface area contributed by atoms with Gasteiger partial charge >= 0.3 is 0 Å². The van der Waals surface area contributed by atoms with E-state index in [4.69, 9.17) is 4.74 Å². The van der Waals surface area contributed by atoms with Gasteiger partial charge in [-0.2, -0.15) is 0 Å². The number of phenolic OH excluding ortho intramolecular Hbond substituents is 1. The number of halogens is 2. The number of nitro benzene ring substituents is 1. The summed E-state index contributed by atoms with van der Waals surface area (Å²) < 4.78 is 6.09. The van der Waals surface area contributed by atoms with E-state index in [-0.39, 0.29) is 17.1 Å². The molecule has 22 heavy (non-hydrogen) atoms. The maximum Gasteiger partial charge on any atom is 0.298 e. The lowest BCUT2D eigenvalue weighted by Crippen LogP contribution is -1.91. The average Bonchev–Trinajstić information content (AvgIpc) is 2.51. The van der Waals surface area contributed by atoms with E-state index in [1.165, 1.54) is 25.5 Å². The minimum atomic E-state index is -0.537. The number of phenols is 1. The number of ether oxygens (including phenoxy) is 1. The van der Waals surface area contributed by atoms with E-state index in [9.17, 15) is 15.2 Å². The standard InChI is InChI=1S/C14H10Br2N2O4/c1-22-8-2-5-12(13(6-8)18(20)21)17-7-9-10(15)3-4-11(16)14(9)19/h2-7,19H,1H3. The van der Waals surface area contributed by atoms with Gasteiger partial charge in [0.2, 0.25) is 0 Å². The molecule has 0 radical (unpaired) electrons. The summed E-state index contributed by atoms with van der Waals surface area (Å²) in [5.41, 5.74) is 0.401. The molecule has 0 amide bonds. The van der Waals surface area contributed by atoms with Crippen molar-refractivity contribution in [1.82, 2.24) is 0 Å². The smallest absolute Gasteiger partial charge is 0.298 e. The van der Waals surface area contributed by atoms with Crippen LogP contribution in [0.15, 0.2) is 44.3 Å². The van der Waals surface area contributed by atoms with Crippen molar-refractivity contribution in [3.63, 3.8) is 0 Å². The summed E-state index contributed by atoms with van der Waals surface area (Å²) in [6.45, 7) is 0. The number of benzene rings is 2. The summed E-state index contributed by atoms with van der Waals surface area (Å²) >= 11 is 6.50. The first kappa shape index (κ1) is 16.4. The zero-order valence-corrected chi connectivity index (χ0v) is 14.5. The summed E-state index contributed by atoms with van der Waals surface area (Å²) in [4.78, 5) is 14.7. The van der Waals surface area contributed by atoms with Crippen LogP contribution in [0, 0.1) is 10.1 Å². The summed E-state index contributed by atoms with van der Waals surface area (Å²) in [7, 11) is 1.43. The molecule has 0 aromatic heterocycles. The van der Waals surface area contributed by atoms with Gasteiger partial charge in [-0.3, -0.25) is 10.1 Å². The summed E-state index contributed by atoms with van der Waals surface area (Å²) in [6.07, 6.45) is 1.36. The van der Waals surface area contributed by atoms with Gasteiger partial charge in [0.15, 0.2) is 0 Å². The van der Waals surface area contributed by atoms with Gasteiger partial charge in [-0.15, -0.1) is 0 Å². The van der Waals surface area contributed by atoms with Crippen LogP contribution in [0.3, 0.4) is 0 Å². The van der Waals surface area contributed by atoms with Crippen molar-refractivity contribution < 1.29 is 14.8 Å². The first-order valence-electron chi connectivity index (χ1n) is 5.97. The molecule has 0 spiro atoms. The second-order valence-corrected chi connectivity index (χ2v) is 5.87. The Morgan fingerprint density at radius 3 is 2.59 bits per heavy atom. The minimum absolute atomic E-state index is 0.00529. The topological polar surface area (TPSA) is 85.0 Å². The molecule has 0 fully saturated rings. The fourth-order valence-corrected chi connectivity index (χ4v) is 2.47. The molecule has 0 aliphatic heterocycles. The van der Waals surface area contributed by atoms with Crippen LogP contribution in [0.25, 0.3) is 0 Å². The quantitative estimate of drug-likeness (QED) is 0.437. The normalized spacial score (nSPS) is 10.9. The largest absolute Gasteiger partial charge is 0.506 e. The predicted molar refractivity (Wildman–Crippen MR) is 90.4 cm³/mol. The third-order valence-electron chi connectivity index (χ3n) is 2.83. The molecular weight excluding hydrogens is 420 g/mol. The number of nitro groups is 1. The number of hydrogen-bond donors (Lipinski definition) is 1. The van der Waals surface area contributed by atoms with Gasteiger partial charge in [-0.05, 0) is 56.1 Å². The summed E-state index contributed by atoms with van der Waals surface area (Å²) in [5.74, 6) is 0.367. The lowest BCUT2D eigenvalue weighted by Gasteiger charge is -2.05. The van der Waals surface area contributed by atoms with Crippen LogP contribution < -0.4 is 4.74 Å². The highest BCUT2D eigenvalue weighted by Crippen LogP contribution is 2.34. The Labute approximate surface area is 142 Å². The molecule has 114 valence electrons. The lowest BCUT2D eigenvalue weighted by atomic mass is 10.2. The molecule has 0 unspecified atom stereocenters. The van der Waals surface area contributed by atoms with E-state index < -0.39 is 4.92 Å². The molecule has 0 bridgehead atoms. The van der Waals surface area contributed by atoms with Gasteiger partial charge in [0.05, 0.1) is 22.6 Å². The first-order chi connectivity index (χ1) is 10.4. The zero-order valence-electron chi connectivity index (χ0n) is 11.3. The molecule has 0 aliphatic carbocycles. The molecule has 1 N–H and O–H groups in total. The fraction of sp³-hybridized carbons (Fsp3) is 0.0714. The van der Waals surface area contributed by atoms with Gasteiger partial charge in [0.1, 0.15) is 17.2 Å². The maximum absolute atomic E-state index is 11.1. The van der Waals surface area contributed by atoms with Crippen LogP contribution in [-0.4, -0.2) is 23.4 Å². The molecule has 0 heterocycles. The van der Waals surface area contributed by atoms with Crippen LogP contribution in [0.5, 0.6) is 11.5 Å². The van der Waals surface area contributed by atoms with E-state index in [1.54, 1.807) is 18.2 Å². The third kappa shape index (κ3) is 3.45. The maximum atomic E-state index is 11.1. The van der Waals surface area contributed by atoms with Crippen molar-refractivity contribution in [2.75, 3.05) is 7.11 Å². The van der Waals surface area contributed by atoms with E-state index in [1.807, 2.05) is 0 Å². The molecule has 6 nitrogen and oxygen atoms in total. The molecule has 2 rings (SSSR count). The van der Waals surface area contributed by atoms with E-state index in [0.29, 0.717) is 20.3 Å². The van der Waals surface area contributed by atoms with Crippen LogP contribution in [-0.2, 0) is 0 Å². The van der Waals surface area contributed by atoms with Crippen molar-refractivity contribution in [2.24, 2.45) is 4.99 Å². The molecule has 8 heteroatoms. The third-order valence-corrected chi connectivity index (χ3v) is 4.16. The van der Waals surface area contributed by atoms with Gasteiger partial charge < -0.3 is 9.84 Å². The highest BCUT2D eigenvalue weighted by atomic mass is 79.9. The number of nitrogens with zero attached hydrogens (tertiary/aromatic N) is 2. The first-order valence-corrected chi connectivity index (χ1v) is 7.56. The Balaban J connectivity index is 2.47. The highest BCUT2D eigenvalue weighted by molar-refractivity contribution is 9.11. The second-order valence-electron chi connectivity index (χ2n) is 4.16. The zero-order chi connectivity index (χ0) is 16.3. The molecule has 2 aromatic rings. The van der Waals surface area contributed by atoms with Gasteiger partial charge in [0.25, 0.3) is 5.69 Å². The summed E-state index contributed by atoms with van der Waals surface area (Å²) in [5, 5.41) is 21.1. The Kier molecular flexibility index (Phi) is 5.15. The molecule has 0 saturated carbocycles. The van der Waals surface area contributed by atoms with E-state index >= 15 is 0 Å². The minimum Gasteiger partial charge on any atom is -0.506 e. The van der Waals surface area contributed by atoms with Gasteiger partial charge in [-0.25, -0.2) is 4.99 Å². The summed E-state index contributed by atoms with van der Waals surface area (Å²) in [6, 6.07) is 7.76. The monoisotopic (exact) mass is 428 g/mol. The lowest BCUT2D eigenvalue weighted by molar-refractivity contribution is -0.384. The fourth-order valence-electron chi connectivity index (χ4n) is 1.70. The Morgan fingerprint density at radius 2 is 1.95 bits per heavy atom. The number of hydrogen-bond acceptors (Lipinski definition) is 5. The molecule has 0 aliphatic rings. The molecule has 2 aromatic carbocycles. The van der Waals surface area contributed by atoms with Crippen molar-refractivity contribution in [2.45, 2.75) is 0 Å². The SMILES string of the molecule is COc1ccc(N=Cc2c(Br)ccc(Br)c2O)c([N+](=O)[O-])c1. The van der Waals surface area contributed by atoms with Crippen LogP contribution in [0.1, 0.15) is 5.56 Å². The Bertz CT molecular complexity index is 763. The number of methoxy groups -OCH3 is 1. The van der Waals surface area contributed by atoms with Crippen molar-refractivity contribution in [3.05, 3.63) is 55.0 Å². The number of aromatic hydroxyl groups is 1. The van der Waals surface area contributed by atoms with Crippen molar-refractivity contribution in [3.8, 4) is 11.5 Å². The average molecular weight is 430 g/mol. The molecular formula is C14H10Br2N2O4. The van der Waals surface area contributed by atoms with E-state index in [0.717, 1.165) is 0 Å². The van der Waals surface area contributed by atoms with Crippen LogP contribution >= 0.6 is 31.9 Å². The molecule has 0 atom stereocenters. The van der Waals surface area contributed by atoms with Crippen molar-refractivity contribution in [1.29, 1.82) is 0 Å².